The van der Waals surface area contributed by atoms with Crippen molar-refractivity contribution in [2.24, 2.45) is 4.99 Å². The largest absolute Gasteiger partial charge is 0.371 e. The molecule has 0 amide bonds. The molecule has 0 saturated carbocycles. The minimum atomic E-state index is -0.509. The maximum atomic E-state index is 14.0. The van der Waals surface area contributed by atoms with Crippen LogP contribution in [0.1, 0.15) is 50.1 Å². The van der Waals surface area contributed by atoms with E-state index in [1.54, 1.807) is 7.05 Å². The van der Waals surface area contributed by atoms with E-state index in [9.17, 15) is 8.78 Å². The first-order chi connectivity index (χ1) is 15.0. The second-order valence-electron chi connectivity index (χ2n) is 7.49. The number of ether oxygens (including phenoxy) is 1. The predicted molar refractivity (Wildman–Crippen MR) is 112 cm³/mol. The van der Waals surface area contributed by atoms with Crippen molar-refractivity contribution in [2.75, 3.05) is 26.7 Å². The molecule has 1 saturated heterocycles. The average molecular weight is 437 g/mol. The number of likely N-dealkylation sites (tertiary alicyclic amines) is 1. The first kappa shape index (κ1) is 23.1. The van der Waals surface area contributed by atoms with E-state index >= 15 is 0 Å². The number of guanidine groups is 1. The SMILES string of the molecule is CCOC(C)c1noc(CNC(=NC)NC2CCCN(Cc3c(F)cccc3F)C2)n1. The Hall–Kier alpha value is -2.59. The number of rotatable bonds is 8. The molecule has 1 aromatic carbocycles. The van der Waals surface area contributed by atoms with E-state index in [1.807, 2.05) is 13.8 Å². The van der Waals surface area contributed by atoms with Crippen LogP contribution in [0.4, 0.5) is 8.78 Å². The number of halogens is 2. The van der Waals surface area contributed by atoms with Gasteiger partial charge in [-0.05, 0) is 45.4 Å². The third-order valence-corrected chi connectivity index (χ3v) is 5.18. The number of aromatic nitrogens is 2. The lowest BCUT2D eigenvalue weighted by atomic mass is 10.0. The van der Waals surface area contributed by atoms with Crippen LogP contribution in [0, 0.1) is 11.6 Å². The molecule has 0 spiro atoms. The summed E-state index contributed by atoms with van der Waals surface area (Å²) in [6.45, 7) is 6.36. The van der Waals surface area contributed by atoms with E-state index in [4.69, 9.17) is 9.26 Å². The fourth-order valence-electron chi connectivity index (χ4n) is 3.60. The Bertz CT molecular complexity index is 855. The van der Waals surface area contributed by atoms with E-state index in [2.05, 4.69) is 30.7 Å². The van der Waals surface area contributed by atoms with Gasteiger partial charge in [0.05, 0.1) is 6.54 Å². The zero-order valence-electron chi connectivity index (χ0n) is 18.2. The third kappa shape index (κ3) is 6.44. The molecule has 1 aliphatic heterocycles. The molecular weight excluding hydrogens is 406 g/mol. The summed E-state index contributed by atoms with van der Waals surface area (Å²) in [6.07, 6.45) is 1.63. The quantitative estimate of drug-likeness (QED) is 0.486. The summed E-state index contributed by atoms with van der Waals surface area (Å²) >= 11 is 0. The molecule has 0 bridgehead atoms. The summed E-state index contributed by atoms with van der Waals surface area (Å²) in [7, 11) is 1.68. The molecule has 10 heteroatoms. The lowest BCUT2D eigenvalue weighted by molar-refractivity contribution is 0.0683. The first-order valence-electron chi connectivity index (χ1n) is 10.6. The third-order valence-electron chi connectivity index (χ3n) is 5.18. The van der Waals surface area contributed by atoms with Gasteiger partial charge in [-0.1, -0.05) is 11.2 Å². The van der Waals surface area contributed by atoms with Gasteiger partial charge >= 0.3 is 0 Å². The summed E-state index contributed by atoms with van der Waals surface area (Å²) < 4.78 is 38.7. The molecule has 0 aliphatic carbocycles. The predicted octanol–water partition coefficient (Wildman–Crippen LogP) is 2.77. The highest BCUT2D eigenvalue weighted by Crippen LogP contribution is 2.18. The second kappa shape index (κ2) is 11.1. The van der Waals surface area contributed by atoms with Crippen molar-refractivity contribution in [3.63, 3.8) is 0 Å². The molecule has 2 N–H and O–H groups in total. The van der Waals surface area contributed by atoms with Gasteiger partial charge in [0.1, 0.15) is 17.7 Å². The fourth-order valence-corrected chi connectivity index (χ4v) is 3.60. The molecule has 1 fully saturated rings. The van der Waals surface area contributed by atoms with E-state index in [0.29, 0.717) is 37.4 Å². The zero-order chi connectivity index (χ0) is 22.2. The van der Waals surface area contributed by atoms with E-state index in [0.717, 1.165) is 19.4 Å². The van der Waals surface area contributed by atoms with Crippen molar-refractivity contribution in [1.82, 2.24) is 25.7 Å². The highest BCUT2D eigenvalue weighted by Gasteiger charge is 2.23. The Balaban J connectivity index is 1.51. The van der Waals surface area contributed by atoms with Gasteiger partial charge in [-0.3, -0.25) is 9.89 Å². The van der Waals surface area contributed by atoms with Crippen LogP contribution in [-0.2, 0) is 17.8 Å². The molecule has 2 atom stereocenters. The van der Waals surface area contributed by atoms with E-state index < -0.39 is 11.6 Å². The van der Waals surface area contributed by atoms with Crippen molar-refractivity contribution >= 4 is 5.96 Å². The van der Waals surface area contributed by atoms with Gasteiger partial charge in [0.2, 0.25) is 5.89 Å². The monoisotopic (exact) mass is 436 g/mol. The fraction of sp³-hybridized carbons (Fsp3) is 0.571. The van der Waals surface area contributed by atoms with Crippen LogP contribution < -0.4 is 10.6 Å². The summed E-state index contributed by atoms with van der Waals surface area (Å²) in [6, 6.07) is 4.07. The maximum absolute atomic E-state index is 14.0. The lowest BCUT2D eigenvalue weighted by Gasteiger charge is -2.34. The first-order valence-corrected chi connectivity index (χ1v) is 10.6. The minimum Gasteiger partial charge on any atom is -0.371 e. The Morgan fingerprint density at radius 3 is 2.87 bits per heavy atom. The lowest BCUT2D eigenvalue weighted by Crippen LogP contribution is -2.50. The normalized spacial score (nSPS) is 18.7. The van der Waals surface area contributed by atoms with Crippen molar-refractivity contribution in [3.8, 4) is 0 Å². The molecule has 31 heavy (non-hydrogen) atoms. The molecule has 170 valence electrons. The number of nitrogens with zero attached hydrogens (tertiary/aromatic N) is 4. The number of hydrogen-bond acceptors (Lipinski definition) is 6. The van der Waals surface area contributed by atoms with Crippen LogP contribution in [0.2, 0.25) is 0 Å². The zero-order valence-corrected chi connectivity index (χ0v) is 18.2. The molecular formula is C21H30F2N6O2. The highest BCUT2D eigenvalue weighted by atomic mass is 19.1. The van der Waals surface area contributed by atoms with Crippen LogP contribution in [0.3, 0.4) is 0 Å². The molecule has 8 nitrogen and oxygen atoms in total. The minimum absolute atomic E-state index is 0.103. The number of piperidine rings is 1. The van der Waals surface area contributed by atoms with E-state index in [1.165, 1.54) is 18.2 Å². The Kier molecular flexibility index (Phi) is 8.30. The number of benzene rings is 1. The Morgan fingerprint density at radius 1 is 1.39 bits per heavy atom. The maximum Gasteiger partial charge on any atom is 0.246 e. The molecule has 3 rings (SSSR count). The number of aliphatic imine (C=N–C) groups is 1. The van der Waals surface area contributed by atoms with Gasteiger partial charge in [0.15, 0.2) is 11.8 Å². The molecule has 1 aliphatic rings. The Morgan fingerprint density at radius 2 is 2.16 bits per heavy atom. The van der Waals surface area contributed by atoms with Crippen LogP contribution in [-0.4, -0.2) is 53.8 Å². The molecule has 2 aromatic rings. The average Bonchev–Trinajstić information content (AvgIpc) is 3.23. The van der Waals surface area contributed by atoms with Crippen LogP contribution in [0.15, 0.2) is 27.7 Å². The van der Waals surface area contributed by atoms with Gasteiger partial charge in [-0.25, -0.2) is 8.78 Å². The van der Waals surface area contributed by atoms with Gasteiger partial charge < -0.3 is 19.9 Å². The van der Waals surface area contributed by atoms with Crippen molar-refractivity contribution in [3.05, 3.63) is 47.1 Å². The number of hydrogen-bond donors (Lipinski definition) is 2. The van der Waals surface area contributed by atoms with Gasteiger partial charge in [0, 0.05) is 38.3 Å². The summed E-state index contributed by atoms with van der Waals surface area (Å²) in [5.74, 6) is 0.520. The van der Waals surface area contributed by atoms with Gasteiger partial charge in [0.25, 0.3) is 0 Å². The van der Waals surface area contributed by atoms with Crippen LogP contribution in [0.25, 0.3) is 0 Å². The Labute approximate surface area is 181 Å². The molecule has 1 aromatic heterocycles. The van der Waals surface area contributed by atoms with Crippen LogP contribution in [0.5, 0.6) is 0 Å². The van der Waals surface area contributed by atoms with Crippen molar-refractivity contribution < 1.29 is 18.0 Å². The highest BCUT2D eigenvalue weighted by molar-refractivity contribution is 5.79. The van der Waals surface area contributed by atoms with Crippen LogP contribution >= 0.6 is 0 Å². The summed E-state index contributed by atoms with van der Waals surface area (Å²) in [5.41, 5.74) is 0.110. The molecule has 0 radical (unpaired) electrons. The van der Waals surface area contributed by atoms with Gasteiger partial charge in [-0.2, -0.15) is 4.98 Å². The standard InChI is InChI=1S/C21H30F2N6O2/c1-4-30-14(2)20-27-19(31-28-20)11-25-21(24-3)26-15-7-6-10-29(12-15)13-16-17(22)8-5-9-18(16)23/h5,8-9,14-15H,4,6-7,10-13H2,1-3H3,(H2,24,25,26). The summed E-state index contributed by atoms with van der Waals surface area (Å²) in [5, 5.41) is 10.5. The summed E-state index contributed by atoms with van der Waals surface area (Å²) in [4.78, 5) is 10.6. The van der Waals surface area contributed by atoms with Crippen molar-refractivity contribution in [1.29, 1.82) is 0 Å². The smallest absolute Gasteiger partial charge is 0.246 e. The van der Waals surface area contributed by atoms with Gasteiger partial charge in [-0.15, -0.1) is 0 Å². The molecule has 2 heterocycles. The van der Waals surface area contributed by atoms with Crippen molar-refractivity contribution in [2.45, 2.75) is 51.9 Å². The topological polar surface area (TPSA) is 87.8 Å². The molecule has 2 unspecified atom stereocenters. The second-order valence-corrected chi connectivity index (χ2v) is 7.49. The van der Waals surface area contributed by atoms with E-state index in [-0.39, 0.29) is 24.3 Å². The number of nitrogens with one attached hydrogen (secondary N) is 2.